The molecule has 4 aromatic carbocycles. The molecule has 2 atom stereocenters. The minimum absolute atomic E-state index is 0.394. The van der Waals surface area contributed by atoms with E-state index in [-0.39, 0.29) is 0 Å². The van der Waals surface area contributed by atoms with Gasteiger partial charge in [0.15, 0.2) is 12.2 Å². The third-order valence-electron chi connectivity index (χ3n) is 12.6. The predicted octanol–water partition coefficient (Wildman–Crippen LogP) is 13.7. The Labute approximate surface area is 348 Å². The van der Waals surface area contributed by atoms with Gasteiger partial charge in [-0.25, -0.2) is 9.59 Å². The van der Waals surface area contributed by atoms with Crippen LogP contribution in [-0.4, -0.2) is 25.2 Å². The number of carbonyl (C=O) groups excluding carboxylic acids is 2. The van der Waals surface area contributed by atoms with E-state index >= 15 is 0 Å². The fraction of sp³-hybridized carbons (Fsp3) is 0.500. The minimum Gasteiger partial charge on any atom is -0.494 e. The lowest BCUT2D eigenvalue weighted by Crippen LogP contribution is -2.23. The zero-order chi connectivity index (χ0) is 40.4. The van der Waals surface area contributed by atoms with Crippen molar-refractivity contribution in [3.63, 3.8) is 0 Å². The third-order valence-corrected chi connectivity index (χ3v) is 12.6. The summed E-state index contributed by atoms with van der Waals surface area (Å²) in [5.41, 5.74) is 2.22. The molecular formula is C52H66O6. The van der Waals surface area contributed by atoms with Gasteiger partial charge in [-0.1, -0.05) is 152 Å². The Kier molecular flexibility index (Phi) is 17.1. The highest BCUT2D eigenvalue weighted by atomic mass is 16.6. The average Bonchev–Trinajstić information content (AvgIpc) is 3.27. The number of hydrogen-bond donors (Lipinski definition) is 0. The van der Waals surface area contributed by atoms with Crippen molar-refractivity contribution < 1.29 is 28.5 Å². The van der Waals surface area contributed by atoms with Crippen molar-refractivity contribution >= 4 is 11.9 Å². The van der Waals surface area contributed by atoms with E-state index in [2.05, 4.69) is 13.8 Å². The maximum atomic E-state index is 13.8. The van der Waals surface area contributed by atoms with Gasteiger partial charge in [-0.05, 0) is 109 Å². The number of rotatable bonds is 21. The van der Waals surface area contributed by atoms with Gasteiger partial charge in [-0.15, -0.1) is 0 Å². The topological polar surface area (TPSA) is 71.1 Å². The van der Waals surface area contributed by atoms with Crippen LogP contribution in [0.25, 0.3) is 0 Å². The number of carbonyl (C=O) groups is 2. The maximum absolute atomic E-state index is 13.8. The van der Waals surface area contributed by atoms with Crippen molar-refractivity contribution in [2.75, 3.05) is 13.2 Å². The van der Waals surface area contributed by atoms with Crippen LogP contribution in [0.15, 0.2) is 109 Å². The Hall–Kier alpha value is -4.58. The van der Waals surface area contributed by atoms with Gasteiger partial charge in [-0.2, -0.15) is 0 Å². The Balaban J connectivity index is 1.04. The molecule has 0 heterocycles. The Morgan fingerprint density at radius 3 is 1.12 bits per heavy atom. The fourth-order valence-corrected chi connectivity index (χ4v) is 9.19. The summed E-state index contributed by atoms with van der Waals surface area (Å²) in [7, 11) is 0. The Bertz CT molecular complexity index is 1620. The third kappa shape index (κ3) is 13.2. The first kappa shape index (κ1) is 43.0. The number of esters is 2. The van der Waals surface area contributed by atoms with Crippen molar-refractivity contribution in [2.24, 2.45) is 23.7 Å². The summed E-state index contributed by atoms with van der Waals surface area (Å²) < 4.78 is 24.7. The van der Waals surface area contributed by atoms with Crippen molar-refractivity contribution in [1.82, 2.24) is 0 Å². The molecule has 2 aliphatic rings. The van der Waals surface area contributed by atoms with Gasteiger partial charge in [-0.3, -0.25) is 0 Å². The molecule has 6 nitrogen and oxygen atoms in total. The van der Waals surface area contributed by atoms with Crippen LogP contribution in [-0.2, 0) is 9.47 Å². The van der Waals surface area contributed by atoms with Crippen molar-refractivity contribution in [3.8, 4) is 11.5 Å². The standard InChI is InChI=1S/C52H66O6/c1-3-13-39-21-25-41(26-22-39)15-11-37-55-47-33-29-45(30-34-47)51(53)57-49(43-17-7-5-8-18-43)50(44-19-9-6-10-20-44)58-52(54)46-31-35-48(36-32-46)56-38-12-16-42-27-23-40(14-4-2)24-28-42/h5-10,17-20,29-36,39-42,49-50H,3-4,11-16,21-28,37-38H2,1-2H3/t39-,40-,41-,42-,49-,50-/m1/s1. The molecule has 0 unspecified atom stereocenters. The number of ether oxygens (including phenoxy) is 4. The molecule has 0 N–H and O–H groups in total. The summed E-state index contributed by atoms with van der Waals surface area (Å²) >= 11 is 0. The van der Waals surface area contributed by atoms with E-state index in [4.69, 9.17) is 18.9 Å². The summed E-state index contributed by atoms with van der Waals surface area (Å²) in [6.07, 6.45) is 18.9. The van der Waals surface area contributed by atoms with E-state index in [1.54, 1.807) is 24.3 Å². The normalized spacial score (nSPS) is 20.4. The first-order chi connectivity index (χ1) is 28.5. The summed E-state index contributed by atoms with van der Waals surface area (Å²) in [5.74, 6) is 3.92. The van der Waals surface area contributed by atoms with Crippen LogP contribution in [0.1, 0.15) is 161 Å². The van der Waals surface area contributed by atoms with Gasteiger partial charge in [0.2, 0.25) is 0 Å². The molecule has 0 radical (unpaired) electrons. The Morgan fingerprint density at radius 1 is 0.466 bits per heavy atom. The van der Waals surface area contributed by atoms with Gasteiger partial charge >= 0.3 is 11.9 Å². The molecule has 0 aromatic heterocycles. The van der Waals surface area contributed by atoms with Gasteiger partial charge < -0.3 is 18.9 Å². The molecule has 6 heteroatoms. The lowest BCUT2D eigenvalue weighted by Gasteiger charge is -2.28. The second-order valence-electron chi connectivity index (χ2n) is 16.9. The fourth-order valence-electron chi connectivity index (χ4n) is 9.19. The summed E-state index contributed by atoms with van der Waals surface area (Å²) in [6.45, 7) is 5.90. The molecule has 0 saturated heterocycles. The quantitative estimate of drug-likeness (QED) is 0.0619. The molecule has 2 aliphatic carbocycles. The highest BCUT2D eigenvalue weighted by Crippen LogP contribution is 2.38. The molecule has 0 spiro atoms. The SMILES string of the molecule is CCC[C@H]1CC[C@H](CCCOc2ccc(C(=O)O[C@H](c3ccccc3)[C@H](OC(=O)c3ccc(OCCC[C@H]4CC[C@H](CCC)CC4)cc3)c3ccccc3)cc2)CC1. The zero-order valence-electron chi connectivity index (χ0n) is 35.0. The van der Waals surface area contributed by atoms with E-state index in [1.807, 2.05) is 84.9 Å². The predicted molar refractivity (Wildman–Crippen MR) is 232 cm³/mol. The minimum atomic E-state index is -0.905. The van der Waals surface area contributed by atoms with Crippen LogP contribution < -0.4 is 9.47 Å². The monoisotopic (exact) mass is 786 g/mol. The summed E-state index contributed by atoms with van der Waals surface area (Å²) in [6, 6.07) is 33.2. The van der Waals surface area contributed by atoms with Gasteiger partial charge in [0.1, 0.15) is 11.5 Å². The van der Waals surface area contributed by atoms with E-state index in [0.29, 0.717) is 35.5 Å². The zero-order valence-corrected chi connectivity index (χ0v) is 35.0. The molecule has 310 valence electrons. The second kappa shape index (κ2) is 23.1. The molecule has 2 saturated carbocycles. The number of hydrogen-bond acceptors (Lipinski definition) is 6. The van der Waals surface area contributed by atoms with Gasteiger partial charge in [0.05, 0.1) is 24.3 Å². The molecule has 0 bridgehead atoms. The van der Waals surface area contributed by atoms with Crippen molar-refractivity contribution in [3.05, 3.63) is 131 Å². The summed E-state index contributed by atoms with van der Waals surface area (Å²) in [5, 5.41) is 0. The van der Waals surface area contributed by atoms with Crippen molar-refractivity contribution in [1.29, 1.82) is 0 Å². The van der Waals surface area contributed by atoms with Crippen LogP contribution in [0.4, 0.5) is 0 Å². The number of benzene rings is 4. The van der Waals surface area contributed by atoms with E-state index in [9.17, 15) is 9.59 Å². The molecular weight excluding hydrogens is 721 g/mol. The highest BCUT2D eigenvalue weighted by Gasteiger charge is 2.33. The Morgan fingerprint density at radius 2 is 0.793 bits per heavy atom. The molecule has 4 aromatic rings. The first-order valence-electron chi connectivity index (χ1n) is 22.5. The molecule has 58 heavy (non-hydrogen) atoms. The first-order valence-corrected chi connectivity index (χ1v) is 22.5. The average molecular weight is 787 g/mol. The molecule has 2 fully saturated rings. The molecule has 0 aliphatic heterocycles. The van der Waals surface area contributed by atoms with E-state index < -0.39 is 24.1 Å². The maximum Gasteiger partial charge on any atom is 0.338 e. The van der Waals surface area contributed by atoms with Crippen LogP contribution in [0.2, 0.25) is 0 Å². The van der Waals surface area contributed by atoms with E-state index in [1.165, 1.54) is 89.9 Å². The van der Waals surface area contributed by atoms with Crippen molar-refractivity contribution in [2.45, 2.75) is 129 Å². The van der Waals surface area contributed by atoms with Crippen LogP contribution in [0.3, 0.4) is 0 Å². The van der Waals surface area contributed by atoms with E-state index in [0.717, 1.165) is 48.0 Å². The van der Waals surface area contributed by atoms with Gasteiger partial charge in [0, 0.05) is 0 Å². The lowest BCUT2D eigenvalue weighted by molar-refractivity contribution is -0.0388. The largest absolute Gasteiger partial charge is 0.494 e. The van der Waals surface area contributed by atoms with Crippen LogP contribution in [0.5, 0.6) is 11.5 Å². The molecule has 6 rings (SSSR count). The van der Waals surface area contributed by atoms with Crippen LogP contribution in [0, 0.1) is 23.7 Å². The molecule has 0 amide bonds. The van der Waals surface area contributed by atoms with Gasteiger partial charge in [0.25, 0.3) is 0 Å². The highest BCUT2D eigenvalue weighted by molar-refractivity contribution is 5.90. The summed E-state index contributed by atoms with van der Waals surface area (Å²) in [4.78, 5) is 27.6. The second-order valence-corrected chi connectivity index (χ2v) is 16.9. The van der Waals surface area contributed by atoms with Crippen LogP contribution >= 0.6 is 0 Å². The lowest BCUT2D eigenvalue weighted by atomic mass is 9.78. The smallest absolute Gasteiger partial charge is 0.338 e.